The summed E-state index contributed by atoms with van der Waals surface area (Å²) in [5.74, 6) is -0.484. The quantitative estimate of drug-likeness (QED) is 0.884. The number of hydrogen-bond donors (Lipinski definition) is 1. The number of aromatic nitrogens is 1. The van der Waals surface area contributed by atoms with E-state index in [0.717, 1.165) is 22.2 Å². The van der Waals surface area contributed by atoms with E-state index >= 15 is 0 Å². The van der Waals surface area contributed by atoms with Gasteiger partial charge in [-0.15, -0.1) is 0 Å². The van der Waals surface area contributed by atoms with Crippen LogP contribution < -0.4 is 5.32 Å². The maximum Gasteiger partial charge on any atom is 0.147 e. The van der Waals surface area contributed by atoms with Crippen LogP contribution in [0.25, 0.3) is 0 Å². The van der Waals surface area contributed by atoms with Gasteiger partial charge >= 0.3 is 0 Å². The Hall–Kier alpha value is -1.49. The van der Waals surface area contributed by atoms with Gasteiger partial charge in [-0.2, -0.15) is 0 Å². The van der Waals surface area contributed by atoms with Crippen molar-refractivity contribution in [2.24, 2.45) is 0 Å². The van der Waals surface area contributed by atoms with Crippen LogP contribution in [0, 0.1) is 25.5 Å². The minimum atomic E-state index is -0.503. The number of pyridine rings is 1. The van der Waals surface area contributed by atoms with Crippen molar-refractivity contribution in [2.75, 3.05) is 5.32 Å². The Morgan fingerprint density at radius 2 is 1.78 bits per heavy atom. The molecule has 0 aliphatic carbocycles. The van der Waals surface area contributed by atoms with Gasteiger partial charge < -0.3 is 5.32 Å². The van der Waals surface area contributed by atoms with Crippen LogP contribution in [0.3, 0.4) is 0 Å². The van der Waals surface area contributed by atoms with Crippen molar-refractivity contribution in [2.45, 2.75) is 13.8 Å². The monoisotopic (exact) mass is 312 g/mol. The van der Waals surface area contributed by atoms with Gasteiger partial charge in [0.1, 0.15) is 17.5 Å². The molecule has 1 heterocycles. The van der Waals surface area contributed by atoms with Crippen LogP contribution in [0.4, 0.5) is 20.3 Å². The minimum absolute atomic E-state index is 0.0762. The molecule has 0 radical (unpaired) electrons. The molecule has 0 aliphatic heterocycles. The highest BCUT2D eigenvalue weighted by Gasteiger charge is 2.08. The summed E-state index contributed by atoms with van der Waals surface area (Å²) in [6.07, 6.45) is 1.61. The number of halogens is 3. The van der Waals surface area contributed by atoms with E-state index in [1.807, 2.05) is 6.92 Å². The van der Waals surface area contributed by atoms with Gasteiger partial charge in [0.25, 0.3) is 0 Å². The fraction of sp³-hybridized carbons (Fsp3) is 0.154. The summed E-state index contributed by atoms with van der Waals surface area (Å²) < 4.78 is 27.9. The normalized spacial score (nSPS) is 10.5. The topological polar surface area (TPSA) is 24.9 Å². The highest BCUT2D eigenvalue weighted by Crippen LogP contribution is 2.24. The predicted molar refractivity (Wildman–Crippen MR) is 71.1 cm³/mol. The van der Waals surface area contributed by atoms with Crippen molar-refractivity contribution in [1.82, 2.24) is 4.98 Å². The van der Waals surface area contributed by atoms with Gasteiger partial charge in [-0.3, -0.25) is 0 Å². The Bertz CT molecular complexity index is 600. The van der Waals surface area contributed by atoms with Gasteiger partial charge in [-0.1, -0.05) is 0 Å². The maximum absolute atomic E-state index is 13.6. The standard InChI is InChI=1S/C13H11BrF2N2/c1-7-4-13(17-6-9(7)14)18-12-5-10(15)8(2)3-11(12)16/h3-6H,1-2H3,(H,17,18). The zero-order valence-electron chi connectivity index (χ0n) is 9.89. The zero-order chi connectivity index (χ0) is 13.3. The molecular formula is C13H11BrF2N2. The van der Waals surface area contributed by atoms with E-state index in [1.165, 1.54) is 6.92 Å². The van der Waals surface area contributed by atoms with Crippen LogP contribution >= 0.6 is 15.9 Å². The second kappa shape index (κ2) is 5.02. The molecule has 2 aromatic rings. The van der Waals surface area contributed by atoms with Crippen molar-refractivity contribution < 1.29 is 8.78 Å². The lowest BCUT2D eigenvalue weighted by molar-refractivity contribution is 0.595. The average molecular weight is 313 g/mol. The van der Waals surface area contributed by atoms with Crippen LogP contribution in [-0.4, -0.2) is 4.98 Å². The summed E-state index contributed by atoms with van der Waals surface area (Å²) in [7, 11) is 0. The minimum Gasteiger partial charge on any atom is -0.338 e. The third kappa shape index (κ3) is 2.67. The zero-order valence-corrected chi connectivity index (χ0v) is 11.5. The number of nitrogens with zero attached hydrogens (tertiary/aromatic N) is 1. The molecule has 0 unspecified atom stereocenters. The maximum atomic E-state index is 13.6. The van der Waals surface area contributed by atoms with E-state index in [1.54, 1.807) is 12.3 Å². The van der Waals surface area contributed by atoms with Gasteiger partial charge in [0.2, 0.25) is 0 Å². The van der Waals surface area contributed by atoms with Crippen LogP contribution in [0.2, 0.25) is 0 Å². The summed E-state index contributed by atoms with van der Waals surface area (Å²) in [6.45, 7) is 3.41. The smallest absolute Gasteiger partial charge is 0.147 e. The SMILES string of the molecule is Cc1cc(F)c(Nc2cc(C)c(Br)cn2)cc1F. The molecule has 0 saturated carbocycles. The second-order valence-corrected chi connectivity index (χ2v) is 4.88. The fourth-order valence-corrected chi connectivity index (χ4v) is 1.70. The highest BCUT2D eigenvalue weighted by molar-refractivity contribution is 9.10. The highest BCUT2D eigenvalue weighted by atomic mass is 79.9. The Morgan fingerprint density at radius 1 is 1.06 bits per heavy atom. The van der Waals surface area contributed by atoms with Crippen LogP contribution in [0.5, 0.6) is 0 Å². The number of rotatable bonds is 2. The largest absolute Gasteiger partial charge is 0.338 e. The number of nitrogens with one attached hydrogen (secondary N) is 1. The van der Waals surface area contributed by atoms with E-state index in [0.29, 0.717) is 5.82 Å². The van der Waals surface area contributed by atoms with Crippen LogP contribution in [0.15, 0.2) is 28.9 Å². The Balaban J connectivity index is 2.34. The predicted octanol–water partition coefficient (Wildman–Crippen LogP) is 4.48. The molecule has 0 saturated heterocycles. The van der Waals surface area contributed by atoms with Crippen molar-refractivity contribution in [3.63, 3.8) is 0 Å². The van der Waals surface area contributed by atoms with Gasteiger partial charge in [-0.25, -0.2) is 13.8 Å². The molecule has 18 heavy (non-hydrogen) atoms. The molecule has 0 spiro atoms. The lowest BCUT2D eigenvalue weighted by atomic mass is 10.2. The fourth-order valence-electron chi connectivity index (χ4n) is 1.49. The molecule has 0 atom stereocenters. The second-order valence-electron chi connectivity index (χ2n) is 4.02. The first-order valence-electron chi connectivity index (χ1n) is 5.32. The van der Waals surface area contributed by atoms with E-state index in [-0.39, 0.29) is 11.3 Å². The Morgan fingerprint density at radius 3 is 2.44 bits per heavy atom. The first-order chi connectivity index (χ1) is 8.47. The first kappa shape index (κ1) is 13.0. The molecular weight excluding hydrogens is 302 g/mol. The van der Waals surface area contributed by atoms with E-state index in [4.69, 9.17) is 0 Å². The lowest BCUT2D eigenvalue weighted by Gasteiger charge is -2.09. The summed E-state index contributed by atoms with van der Waals surface area (Å²) in [5.41, 5.74) is 1.31. The molecule has 1 N–H and O–H groups in total. The van der Waals surface area contributed by atoms with Crippen molar-refractivity contribution in [1.29, 1.82) is 0 Å². The summed E-state index contributed by atoms with van der Waals surface area (Å²) >= 11 is 3.33. The number of benzene rings is 1. The number of hydrogen-bond acceptors (Lipinski definition) is 2. The molecule has 1 aromatic heterocycles. The van der Waals surface area contributed by atoms with Crippen molar-refractivity contribution in [3.05, 3.63) is 51.6 Å². The van der Waals surface area contributed by atoms with Gasteiger partial charge in [0.15, 0.2) is 0 Å². The average Bonchev–Trinajstić information content (AvgIpc) is 2.31. The Labute approximate surface area is 112 Å². The Kier molecular flexibility index (Phi) is 3.61. The van der Waals surface area contributed by atoms with Gasteiger partial charge in [-0.05, 0) is 53.0 Å². The third-order valence-corrected chi connectivity index (χ3v) is 3.39. The van der Waals surface area contributed by atoms with E-state index in [9.17, 15) is 8.78 Å². The molecule has 94 valence electrons. The van der Waals surface area contributed by atoms with E-state index in [2.05, 4.69) is 26.2 Å². The first-order valence-corrected chi connectivity index (χ1v) is 6.11. The number of anilines is 2. The van der Waals surface area contributed by atoms with Gasteiger partial charge in [0, 0.05) is 16.7 Å². The molecule has 5 heteroatoms. The summed E-state index contributed by atoms with van der Waals surface area (Å²) in [4.78, 5) is 4.08. The summed E-state index contributed by atoms with van der Waals surface area (Å²) in [6, 6.07) is 4.04. The van der Waals surface area contributed by atoms with Crippen molar-refractivity contribution >= 4 is 27.4 Å². The van der Waals surface area contributed by atoms with Crippen LogP contribution in [-0.2, 0) is 0 Å². The molecule has 0 aliphatic rings. The molecule has 2 rings (SSSR count). The molecule has 0 bridgehead atoms. The van der Waals surface area contributed by atoms with E-state index < -0.39 is 11.6 Å². The molecule has 0 fully saturated rings. The van der Waals surface area contributed by atoms with Gasteiger partial charge in [0.05, 0.1) is 5.69 Å². The molecule has 2 nitrogen and oxygen atoms in total. The lowest BCUT2D eigenvalue weighted by Crippen LogP contribution is -1.99. The molecule has 0 amide bonds. The number of aryl methyl sites for hydroxylation is 2. The van der Waals surface area contributed by atoms with Crippen molar-refractivity contribution in [3.8, 4) is 0 Å². The van der Waals surface area contributed by atoms with Crippen LogP contribution in [0.1, 0.15) is 11.1 Å². The third-order valence-electron chi connectivity index (χ3n) is 2.56. The summed E-state index contributed by atoms with van der Waals surface area (Å²) in [5, 5.41) is 2.76. The molecule has 1 aromatic carbocycles.